The number of imidazole rings is 1. The van der Waals surface area contributed by atoms with Crippen LogP contribution in [-0.4, -0.2) is 39.5 Å². The highest BCUT2D eigenvalue weighted by molar-refractivity contribution is 5.75. The third-order valence-corrected chi connectivity index (χ3v) is 2.72. The Bertz CT molecular complexity index is 392. The lowest BCUT2D eigenvalue weighted by Crippen LogP contribution is -2.38. The van der Waals surface area contributed by atoms with Gasteiger partial charge >= 0.3 is 0 Å². The molecule has 102 valence electrons. The summed E-state index contributed by atoms with van der Waals surface area (Å²) in [6.45, 7) is 7.53. The van der Waals surface area contributed by atoms with Gasteiger partial charge in [0.05, 0.1) is 6.54 Å². The van der Waals surface area contributed by atoms with E-state index in [2.05, 4.69) is 31.1 Å². The zero-order valence-corrected chi connectivity index (χ0v) is 12.0. The largest absolute Gasteiger partial charge is 0.338 e. The maximum Gasteiger partial charge on any atom is 0.223 e. The molecule has 0 unspecified atom stereocenters. The summed E-state index contributed by atoms with van der Waals surface area (Å²) in [6.07, 6.45) is 4.14. The highest BCUT2D eigenvalue weighted by Gasteiger charge is 2.13. The standard InChI is InChI=1S/C13H24N4O/c1-13(2,3)15-7-6-12(18)17(5)10-11-14-8-9-16(11)4/h8-9,15H,6-7,10H2,1-5H3. The molecule has 0 saturated heterocycles. The molecule has 0 atom stereocenters. The van der Waals surface area contributed by atoms with Gasteiger partial charge in [-0.05, 0) is 20.8 Å². The highest BCUT2D eigenvalue weighted by Crippen LogP contribution is 2.02. The number of carbonyl (C=O) groups is 1. The first-order valence-electron chi connectivity index (χ1n) is 6.25. The van der Waals surface area contributed by atoms with Crippen LogP contribution in [0, 0.1) is 0 Å². The number of rotatable bonds is 5. The Morgan fingerprint density at radius 2 is 2.17 bits per heavy atom. The lowest BCUT2D eigenvalue weighted by Gasteiger charge is -2.22. The molecule has 1 rings (SSSR count). The van der Waals surface area contributed by atoms with E-state index < -0.39 is 0 Å². The number of nitrogens with one attached hydrogen (secondary N) is 1. The van der Waals surface area contributed by atoms with Crippen LogP contribution in [0.4, 0.5) is 0 Å². The molecule has 0 fully saturated rings. The van der Waals surface area contributed by atoms with Gasteiger partial charge in [0.1, 0.15) is 5.82 Å². The number of amides is 1. The van der Waals surface area contributed by atoms with E-state index in [4.69, 9.17) is 0 Å². The smallest absolute Gasteiger partial charge is 0.223 e. The summed E-state index contributed by atoms with van der Waals surface area (Å²) in [5.41, 5.74) is 0.0541. The topological polar surface area (TPSA) is 50.2 Å². The SMILES string of the molecule is CN(Cc1nccn1C)C(=O)CCNC(C)(C)C. The van der Waals surface area contributed by atoms with E-state index in [-0.39, 0.29) is 11.4 Å². The monoisotopic (exact) mass is 252 g/mol. The first-order valence-corrected chi connectivity index (χ1v) is 6.25. The maximum atomic E-state index is 11.9. The molecule has 0 aliphatic rings. The van der Waals surface area contributed by atoms with E-state index in [1.165, 1.54) is 0 Å². The van der Waals surface area contributed by atoms with Crippen molar-refractivity contribution in [2.45, 2.75) is 39.3 Å². The van der Waals surface area contributed by atoms with Crippen molar-refractivity contribution in [3.8, 4) is 0 Å². The van der Waals surface area contributed by atoms with Crippen LogP contribution < -0.4 is 5.32 Å². The molecule has 5 nitrogen and oxygen atoms in total. The van der Waals surface area contributed by atoms with Gasteiger partial charge in [-0.3, -0.25) is 4.79 Å². The van der Waals surface area contributed by atoms with E-state index in [1.54, 1.807) is 11.1 Å². The van der Waals surface area contributed by atoms with Crippen molar-refractivity contribution in [3.05, 3.63) is 18.2 Å². The molecule has 18 heavy (non-hydrogen) atoms. The summed E-state index contributed by atoms with van der Waals surface area (Å²) >= 11 is 0. The molecule has 0 aliphatic heterocycles. The summed E-state index contributed by atoms with van der Waals surface area (Å²) in [7, 11) is 3.75. The Kier molecular flexibility index (Phi) is 4.90. The molecular weight excluding hydrogens is 228 g/mol. The summed E-state index contributed by atoms with van der Waals surface area (Å²) in [6, 6.07) is 0. The van der Waals surface area contributed by atoms with E-state index in [0.29, 0.717) is 19.5 Å². The molecule has 0 saturated carbocycles. The van der Waals surface area contributed by atoms with Gasteiger partial charge in [-0.15, -0.1) is 0 Å². The molecule has 1 heterocycles. The van der Waals surface area contributed by atoms with Crippen molar-refractivity contribution >= 4 is 5.91 Å². The van der Waals surface area contributed by atoms with Crippen LogP contribution in [0.3, 0.4) is 0 Å². The van der Waals surface area contributed by atoms with Crippen molar-refractivity contribution in [2.24, 2.45) is 7.05 Å². The molecule has 5 heteroatoms. The number of aryl methyl sites for hydroxylation is 1. The van der Waals surface area contributed by atoms with Gasteiger partial charge in [0.15, 0.2) is 0 Å². The van der Waals surface area contributed by atoms with E-state index in [9.17, 15) is 4.79 Å². The molecule has 1 aromatic heterocycles. The van der Waals surface area contributed by atoms with Gasteiger partial charge in [-0.1, -0.05) is 0 Å². The fraction of sp³-hybridized carbons (Fsp3) is 0.692. The summed E-state index contributed by atoms with van der Waals surface area (Å²) in [5, 5.41) is 3.31. The summed E-state index contributed by atoms with van der Waals surface area (Å²) in [4.78, 5) is 17.8. The number of hydrogen-bond donors (Lipinski definition) is 1. The van der Waals surface area contributed by atoms with Crippen molar-refractivity contribution < 1.29 is 4.79 Å². The minimum absolute atomic E-state index is 0.0541. The quantitative estimate of drug-likeness (QED) is 0.855. The third kappa shape index (κ3) is 4.87. The molecule has 1 N–H and O–H groups in total. The average Bonchev–Trinajstić information content (AvgIpc) is 2.62. The van der Waals surface area contributed by atoms with Gasteiger partial charge in [0.2, 0.25) is 5.91 Å². The van der Waals surface area contributed by atoms with E-state index >= 15 is 0 Å². The molecule has 0 bridgehead atoms. The van der Waals surface area contributed by atoms with Crippen LogP contribution in [0.15, 0.2) is 12.4 Å². The first-order chi connectivity index (χ1) is 8.29. The molecule has 0 aromatic carbocycles. The number of hydrogen-bond acceptors (Lipinski definition) is 3. The second-order valence-electron chi connectivity index (χ2n) is 5.63. The molecule has 0 radical (unpaired) electrons. The highest BCUT2D eigenvalue weighted by atomic mass is 16.2. The Hall–Kier alpha value is -1.36. The lowest BCUT2D eigenvalue weighted by molar-refractivity contribution is -0.130. The summed E-state index contributed by atoms with van der Waals surface area (Å²) in [5.74, 6) is 1.03. The normalized spacial score (nSPS) is 11.6. The Labute approximate surface area is 109 Å². The van der Waals surface area contributed by atoms with Crippen molar-refractivity contribution in [1.29, 1.82) is 0 Å². The Balaban J connectivity index is 2.36. The van der Waals surface area contributed by atoms with Crippen LogP contribution in [0.25, 0.3) is 0 Å². The zero-order chi connectivity index (χ0) is 13.8. The Morgan fingerprint density at radius 3 is 2.67 bits per heavy atom. The van der Waals surface area contributed by atoms with Crippen LogP contribution in [0.5, 0.6) is 0 Å². The fourth-order valence-electron chi connectivity index (χ4n) is 1.58. The molecular formula is C13H24N4O. The number of carbonyl (C=O) groups excluding carboxylic acids is 1. The molecule has 1 aromatic rings. The van der Waals surface area contributed by atoms with Gasteiger partial charge in [-0.25, -0.2) is 4.98 Å². The molecule has 1 amide bonds. The minimum Gasteiger partial charge on any atom is -0.338 e. The van der Waals surface area contributed by atoms with Crippen molar-refractivity contribution in [1.82, 2.24) is 19.8 Å². The number of nitrogens with zero attached hydrogens (tertiary/aromatic N) is 3. The van der Waals surface area contributed by atoms with Crippen LogP contribution >= 0.6 is 0 Å². The second kappa shape index (κ2) is 6.00. The lowest BCUT2D eigenvalue weighted by atomic mass is 10.1. The minimum atomic E-state index is 0.0541. The predicted molar refractivity (Wildman–Crippen MR) is 72.1 cm³/mol. The predicted octanol–water partition coefficient (Wildman–Crippen LogP) is 1.16. The zero-order valence-electron chi connectivity index (χ0n) is 12.0. The fourth-order valence-corrected chi connectivity index (χ4v) is 1.58. The van der Waals surface area contributed by atoms with Crippen LogP contribution in [0.2, 0.25) is 0 Å². The van der Waals surface area contributed by atoms with Gasteiger partial charge < -0.3 is 14.8 Å². The van der Waals surface area contributed by atoms with Gasteiger partial charge in [0, 0.05) is 45.0 Å². The van der Waals surface area contributed by atoms with Gasteiger partial charge in [-0.2, -0.15) is 0 Å². The molecule has 0 spiro atoms. The van der Waals surface area contributed by atoms with Crippen molar-refractivity contribution in [3.63, 3.8) is 0 Å². The maximum absolute atomic E-state index is 11.9. The molecule has 0 aliphatic carbocycles. The first kappa shape index (κ1) is 14.7. The van der Waals surface area contributed by atoms with Crippen molar-refractivity contribution in [2.75, 3.05) is 13.6 Å². The second-order valence-corrected chi connectivity index (χ2v) is 5.63. The Morgan fingerprint density at radius 1 is 1.50 bits per heavy atom. The van der Waals surface area contributed by atoms with E-state index in [0.717, 1.165) is 5.82 Å². The average molecular weight is 252 g/mol. The van der Waals surface area contributed by atoms with E-state index in [1.807, 2.05) is 24.9 Å². The van der Waals surface area contributed by atoms with Crippen LogP contribution in [0.1, 0.15) is 33.0 Å². The number of aromatic nitrogens is 2. The summed E-state index contributed by atoms with van der Waals surface area (Å²) < 4.78 is 1.93. The third-order valence-electron chi connectivity index (χ3n) is 2.72. The van der Waals surface area contributed by atoms with Crippen LogP contribution in [-0.2, 0) is 18.4 Å². The van der Waals surface area contributed by atoms with Gasteiger partial charge in [0.25, 0.3) is 0 Å².